The summed E-state index contributed by atoms with van der Waals surface area (Å²) in [4.78, 5) is 15.1. The molecule has 2 heterocycles. The fourth-order valence-corrected chi connectivity index (χ4v) is 4.33. The van der Waals surface area contributed by atoms with Gasteiger partial charge in [-0.15, -0.1) is 5.10 Å². The van der Waals surface area contributed by atoms with Gasteiger partial charge in [-0.2, -0.15) is 0 Å². The molecule has 3 aromatic rings. The Labute approximate surface area is 186 Å². The third-order valence-electron chi connectivity index (χ3n) is 5.76. The normalized spacial score (nSPS) is 15.2. The van der Waals surface area contributed by atoms with Gasteiger partial charge in [-0.25, -0.2) is 9.07 Å². The Morgan fingerprint density at radius 1 is 1.16 bits per heavy atom. The van der Waals surface area contributed by atoms with E-state index in [-0.39, 0.29) is 30.0 Å². The zero-order chi connectivity index (χ0) is 22.0. The van der Waals surface area contributed by atoms with Gasteiger partial charge >= 0.3 is 0 Å². The number of hydrogen-bond donors (Lipinski definition) is 1. The van der Waals surface area contributed by atoms with Crippen molar-refractivity contribution in [2.75, 3.05) is 19.6 Å². The van der Waals surface area contributed by atoms with Crippen molar-refractivity contribution in [3.05, 3.63) is 75.8 Å². The average Bonchev–Trinajstić information content (AvgIpc) is 3.41. The van der Waals surface area contributed by atoms with E-state index in [2.05, 4.69) is 20.5 Å². The molecule has 2 aromatic carbocycles. The maximum Gasteiger partial charge on any atom is 0.273 e. The van der Waals surface area contributed by atoms with E-state index in [9.17, 15) is 9.18 Å². The summed E-state index contributed by atoms with van der Waals surface area (Å²) in [5.41, 5.74) is 3.29. The molecule has 0 spiro atoms. The van der Waals surface area contributed by atoms with Crippen molar-refractivity contribution < 1.29 is 9.18 Å². The van der Waals surface area contributed by atoms with Gasteiger partial charge < -0.3 is 5.32 Å². The van der Waals surface area contributed by atoms with Crippen molar-refractivity contribution in [3.63, 3.8) is 0 Å². The van der Waals surface area contributed by atoms with E-state index in [1.54, 1.807) is 23.7 Å². The van der Waals surface area contributed by atoms with Gasteiger partial charge in [-0.05, 0) is 64.0 Å². The lowest BCUT2D eigenvalue weighted by Crippen LogP contribution is -2.37. The van der Waals surface area contributed by atoms with Gasteiger partial charge in [0.25, 0.3) is 5.91 Å². The minimum absolute atomic E-state index is 0.232. The second-order valence-corrected chi connectivity index (χ2v) is 8.28. The molecule has 31 heavy (non-hydrogen) atoms. The summed E-state index contributed by atoms with van der Waals surface area (Å²) in [7, 11) is 0. The Bertz CT molecular complexity index is 1060. The van der Waals surface area contributed by atoms with Crippen LogP contribution >= 0.6 is 11.6 Å². The predicted octanol–water partition coefficient (Wildman–Crippen LogP) is 4.24. The Hall–Kier alpha value is -2.77. The highest BCUT2D eigenvalue weighted by molar-refractivity contribution is 6.31. The molecule has 1 amide bonds. The van der Waals surface area contributed by atoms with Gasteiger partial charge in [0.1, 0.15) is 5.82 Å². The molecule has 6 nitrogen and oxygen atoms in total. The Morgan fingerprint density at radius 2 is 1.87 bits per heavy atom. The molecule has 1 atom stereocenters. The van der Waals surface area contributed by atoms with Crippen LogP contribution in [-0.2, 0) is 0 Å². The first-order chi connectivity index (χ1) is 15.0. The molecular formula is C23H25ClFN5O. The van der Waals surface area contributed by atoms with Crippen LogP contribution in [0.1, 0.15) is 46.2 Å². The van der Waals surface area contributed by atoms with Crippen LogP contribution in [0.4, 0.5) is 4.39 Å². The molecule has 0 aliphatic carbocycles. The number of rotatable bonds is 6. The van der Waals surface area contributed by atoms with Gasteiger partial charge in [0.2, 0.25) is 0 Å². The number of aromatic nitrogens is 3. The average molecular weight is 442 g/mol. The van der Waals surface area contributed by atoms with E-state index >= 15 is 0 Å². The lowest BCUT2D eigenvalue weighted by molar-refractivity contribution is 0.0931. The second-order valence-electron chi connectivity index (χ2n) is 7.88. The number of benzene rings is 2. The van der Waals surface area contributed by atoms with Gasteiger partial charge in [0, 0.05) is 17.1 Å². The molecule has 8 heteroatoms. The molecule has 162 valence electrons. The fourth-order valence-electron chi connectivity index (χ4n) is 4.04. The van der Waals surface area contributed by atoms with Gasteiger partial charge in [-0.3, -0.25) is 9.69 Å². The predicted molar refractivity (Wildman–Crippen MR) is 118 cm³/mol. The van der Waals surface area contributed by atoms with Gasteiger partial charge in [0.15, 0.2) is 5.69 Å². The first kappa shape index (κ1) is 21.5. The van der Waals surface area contributed by atoms with E-state index in [0.717, 1.165) is 37.2 Å². The highest BCUT2D eigenvalue weighted by atomic mass is 35.5. The van der Waals surface area contributed by atoms with Crippen LogP contribution in [0.2, 0.25) is 5.02 Å². The van der Waals surface area contributed by atoms with Crippen molar-refractivity contribution >= 4 is 17.5 Å². The standard InChI is InChI=1S/C23H25ClFN5O/c1-15-8-10-17(11-9-15)30-16(2)22(27-28-30)23(31)26-14-20(29-12-3-4-13-29)21-18(24)6-5-7-19(21)25/h5-11,20H,3-4,12-14H2,1-2H3,(H,26,31). The van der Waals surface area contributed by atoms with Crippen LogP contribution in [0, 0.1) is 19.7 Å². The Kier molecular flexibility index (Phi) is 6.34. The van der Waals surface area contributed by atoms with E-state index in [4.69, 9.17) is 11.6 Å². The fraction of sp³-hybridized carbons (Fsp3) is 0.348. The molecule has 0 saturated carbocycles. The van der Waals surface area contributed by atoms with Crippen molar-refractivity contribution in [1.29, 1.82) is 0 Å². The second kappa shape index (κ2) is 9.16. The number of halogens is 2. The van der Waals surface area contributed by atoms with Crippen LogP contribution in [0.25, 0.3) is 5.69 Å². The maximum absolute atomic E-state index is 14.6. The lowest BCUT2D eigenvalue weighted by atomic mass is 10.0. The molecular weight excluding hydrogens is 417 g/mol. The lowest BCUT2D eigenvalue weighted by Gasteiger charge is -2.29. The van der Waals surface area contributed by atoms with E-state index < -0.39 is 0 Å². The molecule has 1 N–H and O–H groups in total. The molecule has 1 fully saturated rings. The van der Waals surface area contributed by atoms with Crippen molar-refractivity contribution in [2.24, 2.45) is 0 Å². The number of likely N-dealkylation sites (tertiary alicyclic amines) is 1. The summed E-state index contributed by atoms with van der Waals surface area (Å²) in [6, 6.07) is 12.2. The molecule has 1 aliphatic heterocycles. The molecule has 1 saturated heterocycles. The van der Waals surface area contributed by atoms with Crippen LogP contribution in [0.5, 0.6) is 0 Å². The molecule has 4 rings (SSSR count). The molecule has 1 aromatic heterocycles. The largest absolute Gasteiger partial charge is 0.349 e. The SMILES string of the molecule is Cc1ccc(-n2nnc(C(=O)NCC(c3c(F)cccc3Cl)N3CCCC3)c2C)cc1. The number of carbonyl (C=O) groups is 1. The van der Waals surface area contributed by atoms with Crippen LogP contribution in [0.3, 0.4) is 0 Å². The Morgan fingerprint density at radius 3 is 2.55 bits per heavy atom. The highest BCUT2D eigenvalue weighted by Gasteiger charge is 2.29. The summed E-state index contributed by atoms with van der Waals surface area (Å²) >= 11 is 6.34. The summed E-state index contributed by atoms with van der Waals surface area (Å²) < 4.78 is 16.3. The van der Waals surface area contributed by atoms with Crippen LogP contribution < -0.4 is 5.32 Å². The summed E-state index contributed by atoms with van der Waals surface area (Å²) in [6.45, 7) is 5.73. The molecule has 0 bridgehead atoms. The smallest absolute Gasteiger partial charge is 0.273 e. The number of hydrogen-bond acceptors (Lipinski definition) is 4. The summed E-state index contributed by atoms with van der Waals surface area (Å²) in [5, 5.41) is 11.5. The minimum Gasteiger partial charge on any atom is -0.349 e. The van der Waals surface area contributed by atoms with E-state index in [1.807, 2.05) is 31.2 Å². The number of amides is 1. The van der Waals surface area contributed by atoms with Gasteiger partial charge in [-0.1, -0.05) is 40.6 Å². The summed E-state index contributed by atoms with van der Waals surface area (Å²) in [6.07, 6.45) is 2.08. The van der Waals surface area contributed by atoms with E-state index in [1.165, 1.54) is 6.07 Å². The first-order valence-electron chi connectivity index (χ1n) is 10.4. The molecule has 1 unspecified atom stereocenters. The highest BCUT2D eigenvalue weighted by Crippen LogP contribution is 2.32. The number of carbonyl (C=O) groups excluding carboxylic acids is 1. The number of nitrogens with zero attached hydrogens (tertiary/aromatic N) is 4. The number of nitrogens with one attached hydrogen (secondary N) is 1. The zero-order valence-electron chi connectivity index (χ0n) is 17.6. The molecule has 0 radical (unpaired) electrons. The minimum atomic E-state index is -0.361. The number of aryl methyl sites for hydroxylation is 1. The zero-order valence-corrected chi connectivity index (χ0v) is 18.4. The third-order valence-corrected chi connectivity index (χ3v) is 6.09. The first-order valence-corrected chi connectivity index (χ1v) is 10.8. The topological polar surface area (TPSA) is 63.1 Å². The third kappa shape index (κ3) is 4.48. The van der Waals surface area contributed by atoms with Crippen LogP contribution in [0.15, 0.2) is 42.5 Å². The maximum atomic E-state index is 14.6. The molecule has 1 aliphatic rings. The summed E-state index contributed by atoms with van der Waals surface area (Å²) in [5.74, 6) is -0.701. The monoisotopic (exact) mass is 441 g/mol. The van der Waals surface area contributed by atoms with Crippen LogP contribution in [-0.4, -0.2) is 45.4 Å². The van der Waals surface area contributed by atoms with E-state index in [0.29, 0.717) is 16.3 Å². The van der Waals surface area contributed by atoms with Gasteiger partial charge in [0.05, 0.1) is 17.4 Å². The van der Waals surface area contributed by atoms with Crippen molar-refractivity contribution in [2.45, 2.75) is 32.7 Å². The van der Waals surface area contributed by atoms with Crippen molar-refractivity contribution in [1.82, 2.24) is 25.2 Å². The quantitative estimate of drug-likeness (QED) is 0.621. The van der Waals surface area contributed by atoms with Crippen molar-refractivity contribution in [3.8, 4) is 5.69 Å². The Balaban J connectivity index is 1.54.